The van der Waals surface area contributed by atoms with Crippen molar-refractivity contribution in [1.82, 2.24) is 15.1 Å². The zero-order valence-electron chi connectivity index (χ0n) is 12.2. The number of anilines is 1. The summed E-state index contributed by atoms with van der Waals surface area (Å²) in [6, 6.07) is 0.389. The molecular weight excluding hydrogens is 276 g/mol. The maximum absolute atomic E-state index is 12.1. The van der Waals surface area contributed by atoms with Gasteiger partial charge in [0, 0.05) is 25.7 Å². The lowest BCUT2D eigenvalue weighted by Gasteiger charge is -2.36. The second-order valence-corrected chi connectivity index (χ2v) is 5.54. The monoisotopic (exact) mass is 298 g/mol. The van der Waals surface area contributed by atoms with Crippen molar-refractivity contribution >= 4 is 17.3 Å². The predicted molar refractivity (Wildman–Crippen MR) is 82.7 cm³/mol. The van der Waals surface area contributed by atoms with Crippen LogP contribution >= 0.6 is 11.6 Å². The van der Waals surface area contributed by atoms with Crippen LogP contribution in [0.5, 0.6) is 0 Å². The highest BCUT2D eigenvalue weighted by atomic mass is 35.5. The van der Waals surface area contributed by atoms with Crippen LogP contribution in [0.4, 0.5) is 5.69 Å². The Balaban J connectivity index is 2.33. The first-order valence-electron chi connectivity index (χ1n) is 7.42. The Hall–Kier alpha value is -1.07. The molecule has 1 aromatic heterocycles. The lowest BCUT2D eigenvalue weighted by atomic mass is 10.1. The summed E-state index contributed by atoms with van der Waals surface area (Å²) in [5.41, 5.74) is 0.577. The molecule has 5 nitrogen and oxygen atoms in total. The van der Waals surface area contributed by atoms with Crippen LogP contribution in [0, 0.1) is 0 Å². The van der Waals surface area contributed by atoms with Crippen LogP contribution < -0.4 is 15.8 Å². The molecule has 1 atom stereocenters. The van der Waals surface area contributed by atoms with Gasteiger partial charge in [0.15, 0.2) is 0 Å². The molecule has 0 radical (unpaired) electrons. The van der Waals surface area contributed by atoms with Gasteiger partial charge < -0.3 is 10.2 Å². The van der Waals surface area contributed by atoms with Crippen molar-refractivity contribution in [2.24, 2.45) is 0 Å². The van der Waals surface area contributed by atoms with Gasteiger partial charge in [-0.3, -0.25) is 4.79 Å². The highest BCUT2D eigenvalue weighted by molar-refractivity contribution is 6.33. The van der Waals surface area contributed by atoms with Crippen molar-refractivity contribution in [1.29, 1.82) is 0 Å². The molecule has 0 aliphatic carbocycles. The van der Waals surface area contributed by atoms with Gasteiger partial charge in [-0.2, -0.15) is 5.10 Å². The highest BCUT2D eigenvalue weighted by Gasteiger charge is 2.24. The van der Waals surface area contributed by atoms with Crippen molar-refractivity contribution in [2.75, 3.05) is 24.5 Å². The standard InChI is InChI=1S/C14H23ClN4O/c1-3-8-18(11-6-5-7-16-9-11)12-10-17-19(4-2)14(20)13(12)15/h10-11,16H,3-9H2,1-2H3. The van der Waals surface area contributed by atoms with Crippen LogP contribution in [0.3, 0.4) is 0 Å². The fraction of sp³-hybridized carbons (Fsp3) is 0.714. The van der Waals surface area contributed by atoms with Crippen LogP contribution in [-0.4, -0.2) is 35.5 Å². The first-order valence-corrected chi connectivity index (χ1v) is 7.79. The fourth-order valence-corrected chi connectivity index (χ4v) is 2.98. The van der Waals surface area contributed by atoms with E-state index in [0.717, 1.165) is 44.6 Å². The molecule has 1 aromatic rings. The van der Waals surface area contributed by atoms with E-state index in [1.807, 2.05) is 6.92 Å². The van der Waals surface area contributed by atoms with Crippen LogP contribution in [0.25, 0.3) is 0 Å². The molecule has 1 unspecified atom stereocenters. The number of hydrogen-bond donors (Lipinski definition) is 1. The average molecular weight is 299 g/mol. The zero-order chi connectivity index (χ0) is 14.5. The third kappa shape index (κ3) is 3.15. The van der Waals surface area contributed by atoms with E-state index in [4.69, 9.17) is 11.6 Å². The van der Waals surface area contributed by atoms with E-state index in [0.29, 0.717) is 17.6 Å². The van der Waals surface area contributed by atoms with Gasteiger partial charge in [-0.15, -0.1) is 0 Å². The molecular formula is C14H23ClN4O. The van der Waals surface area contributed by atoms with Crippen molar-refractivity contribution in [2.45, 2.75) is 45.7 Å². The summed E-state index contributed by atoms with van der Waals surface area (Å²) in [4.78, 5) is 14.4. The minimum atomic E-state index is -0.198. The lowest BCUT2D eigenvalue weighted by Crippen LogP contribution is -2.47. The van der Waals surface area contributed by atoms with Crippen LogP contribution in [-0.2, 0) is 6.54 Å². The molecule has 1 N–H and O–H groups in total. The van der Waals surface area contributed by atoms with Crippen LogP contribution in [0.2, 0.25) is 5.02 Å². The van der Waals surface area contributed by atoms with E-state index in [1.165, 1.54) is 4.68 Å². The lowest BCUT2D eigenvalue weighted by molar-refractivity contribution is 0.430. The highest BCUT2D eigenvalue weighted by Crippen LogP contribution is 2.25. The van der Waals surface area contributed by atoms with Crippen molar-refractivity contribution in [3.63, 3.8) is 0 Å². The molecule has 2 heterocycles. The first kappa shape index (κ1) is 15.3. The number of nitrogens with zero attached hydrogens (tertiary/aromatic N) is 3. The molecule has 6 heteroatoms. The summed E-state index contributed by atoms with van der Waals surface area (Å²) in [5, 5.41) is 7.92. The second kappa shape index (κ2) is 7.09. The van der Waals surface area contributed by atoms with Gasteiger partial charge in [-0.05, 0) is 32.7 Å². The van der Waals surface area contributed by atoms with E-state index < -0.39 is 0 Å². The van der Waals surface area contributed by atoms with Gasteiger partial charge in [0.05, 0.1) is 11.9 Å². The molecule has 112 valence electrons. The topological polar surface area (TPSA) is 50.2 Å². The van der Waals surface area contributed by atoms with E-state index in [1.54, 1.807) is 6.20 Å². The summed E-state index contributed by atoms with van der Waals surface area (Å²) in [7, 11) is 0. The van der Waals surface area contributed by atoms with E-state index in [-0.39, 0.29) is 5.56 Å². The molecule has 2 rings (SSSR count). The summed E-state index contributed by atoms with van der Waals surface area (Å²) in [5.74, 6) is 0. The van der Waals surface area contributed by atoms with Gasteiger partial charge in [-0.1, -0.05) is 18.5 Å². The van der Waals surface area contributed by atoms with Gasteiger partial charge in [0.1, 0.15) is 5.02 Å². The van der Waals surface area contributed by atoms with Gasteiger partial charge >= 0.3 is 0 Å². The van der Waals surface area contributed by atoms with E-state index in [2.05, 4.69) is 22.2 Å². The quantitative estimate of drug-likeness (QED) is 0.902. The Bertz CT molecular complexity index is 496. The summed E-state index contributed by atoms with van der Waals surface area (Å²) in [6.45, 7) is 7.46. The van der Waals surface area contributed by atoms with Crippen molar-refractivity contribution in [3.05, 3.63) is 21.6 Å². The normalized spacial score (nSPS) is 19.1. The summed E-state index contributed by atoms with van der Waals surface area (Å²) < 4.78 is 1.40. The third-order valence-electron chi connectivity index (χ3n) is 3.75. The largest absolute Gasteiger partial charge is 0.365 e. The van der Waals surface area contributed by atoms with Crippen LogP contribution in [0.1, 0.15) is 33.1 Å². The summed E-state index contributed by atoms with van der Waals surface area (Å²) >= 11 is 6.29. The number of halogens is 1. The first-order chi connectivity index (χ1) is 9.69. The Morgan fingerprint density at radius 3 is 2.95 bits per heavy atom. The Morgan fingerprint density at radius 2 is 2.35 bits per heavy atom. The molecule has 0 spiro atoms. The number of hydrogen-bond acceptors (Lipinski definition) is 4. The van der Waals surface area contributed by atoms with Crippen molar-refractivity contribution < 1.29 is 0 Å². The molecule has 1 saturated heterocycles. The maximum atomic E-state index is 12.1. The number of aryl methyl sites for hydroxylation is 1. The number of rotatable bonds is 5. The second-order valence-electron chi connectivity index (χ2n) is 5.16. The number of aromatic nitrogens is 2. The van der Waals surface area contributed by atoms with Gasteiger partial charge in [-0.25, -0.2) is 4.68 Å². The molecule has 1 aliphatic heterocycles. The van der Waals surface area contributed by atoms with Crippen molar-refractivity contribution in [3.8, 4) is 0 Å². The molecule has 0 amide bonds. The maximum Gasteiger partial charge on any atom is 0.287 e. The number of piperidine rings is 1. The predicted octanol–water partition coefficient (Wildman–Crippen LogP) is 1.89. The number of nitrogens with one attached hydrogen (secondary N) is 1. The minimum absolute atomic E-state index is 0.198. The molecule has 20 heavy (non-hydrogen) atoms. The van der Waals surface area contributed by atoms with Gasteiger partial charge in [0.2, 0.25) is 0 Å². The molecule has 0 bridgehead atoms. The Labute approximate surface area is 124 Å². The molecule has 0 aromatic carbocycles. The summed E-state index contributed by atoms with van der Waals surface area (Å²) in [6.07, 6.45) is 5.03. The molecule has 1 fully saturated rings. The molecule has 0 saturated carbocycles. The zero-order valence-corrected chi connectivity index (χ0v) is 13.0. The van der Waals surface area contributed by atoms with Crippen LogP contribution in [0.15, 0.2) is 11.0 Å². The van der Waals surface area contributed by atoms with E-state index >= 15 is 0 Å². The molecule has 1 aliphatic rings. The Kier molecular flexibility index (Phi) is 5.43. The smallest absolute Gasteiger partial charge is 0.287 e. The third-order valence-corrected chi connectivity index (χ3v) is 4.11. The van der Waals surface area contributed by atoms with E-state index in [9.17, 15) is 4.79 Å². The fourth-order valence-electron chi connectivity index (χ4n) is 2.72. The average Bonchev–Trinajstić information content (AvgIpc) is 2.49. The Morgan fingerprint density at radius 1 is 1.55 bits per heavy atom. The SMILES string of the molecule is CCCN(c1cnn(CC)c(=O)c1Cl)C1CCCNC1. The van der Waals surface area contributed by atoms with Gasteiger partial charge in [0.25, 0.3) is 5.56 Å². The minimum Gasteiger partial charge on any atom is -0.365 e.